The highest BCUT2D eigenvalue weighted by atomic mass is 35.5. The van der Waals surface area contributed by atoms with Crippen LogP contribution < -0.4 is 10.6 Å². The van der Waals surface area contributed by atoms with E-state index in [4.69, 9.17) is 4.74 Å². The highest BCUT2D eigenvalue weighted by molar-refractivity contribution is 5.89. The molecule has 0 radical (unpaired) electrons. The van der Waals surface area contributed by atoms with Crippen LogP contribution in [0.5, 0.6) is 0 Å². The Kier molecular flexibility index (Phi) is 5.84. The van der Waals surface area contributed by atoms with Crippen LogP contribution in [0.2, 0.25) is 0 Å². The number of nitrogens with zero attached hydrogens (tertiary/aromatic N) is 1. The number of hydrogen-bond acceptors (Lipinski definition) is 4. The summed E-state index contributed by atoms with van der Waals surface area (Å²) in [7, 11) is 0. The van der Waals surface area contributed by atoms with Crippen LogP contribution in [-0.4, -0.2) is 61.1 Å². The first-order valence-corrected chi connectivity index (χ1v) is 7.65. The van der Waals surface area contributed by atoms with Crippen molar-refractivity contribution in [2.45, 2.75) is 50.3 Å². The summed E-state index contributed by atoms with van der Waals surface area (Å²) in [6.45, 7) is 2.93. The van der Waals surface area contributed by atoms with Crippen LogP contribution in [-0.2, 0) is 14.3 Å². The maximum Gasteiger partial charge on any atom is 0.240 e. The van der Waals surface area contributed by atoms with E-state index in [1.807, 2.05) is 4.90 Å². The van der Waals surface area contributed by atoms with Crippen molar-refractivity contribution in [1.29, 1.82) is 0 Å². The van der Waals surface area contributed by atoms with Gasteiger partial charge in [0, 0.05) is 32.3 Å². The molecule has 2 aliphatic heterocycles. The summed E-state index contributed by atoms with van der Waals surface area (Å²) in [6.07, 6.45) is 4.68. The predicted octanol–water partition coefficient (Wildman–Crippen LogP) is 0.0563. The van der Waals surface area contributed by atoms with E-state index in [0.717, 1.165) is 38.8 Å². The first-order chi connectivity index (χ1) is 9.72. The Morgan fingerprint density at radius 2 is 2.19 bits per heavy atom. The van der Waals surface area contributed by atoms with Gasteiger partial charge in [0.15, 0.2) is 0 Å². The Labute approximate surface area is 131 Å². The van der Waals surface area contributed by atoms with Crippen LogP contribution in [0.3, 0.4) is 0 Å². The molecule has 0 aromatic heterocycles. The molecule has 2 atom stereocenters. The molecule has 2 amide bonds. The van der Waals surface area contributed by atoms with Gasteiger partial charge in [-0.2, -0.15) is 0 Å². The van der Waals surface area contributed by atoms with Crippen molar-refractivity contribution >= 4 is 24.2 Å². The SMILES string of the molecule is Cl.O=C(CC1NCCN(CC2CCCO2)C1=O)NC1CC1. The second-order valence-electron chi connectivity index (χ2n) is 5.97. The summed E-state index contributed by atoms with van der Waals surface area (Å²) in [4.78, 5) is 26.0. The largest absolute Gasteiger partial charge is 0.376 e. The third kappa shape index (κ3) is 4.56. The fraction of sp³-hybridized carbons (Fsp3) is 0.857. The number of ether oxygens (including phenoxy) is 1. The van der Waals surface area contributed by atoms with E-state index in [1.54, 1.807) is 0 Å². The van der Waals surface area contributed by atoms with Gasteiger partial charge < -0.3 is 20.3 Å². The molecule has 1 aliphatic carbocycles. The summed E-state index contributed by atoms with van der Waals surface area (Å²) in [6, 6.07) is -0.0203. The van der Waals surface area contributed by atoms with E-state index in [0.29, 0.717) is 19.1 Å². The van der Waals surface area contributed by atoms with Crippen molar-refractivity contribution < 1.29 is 14.3 Å². The molecule has 120 valence electrons. The smallest absolute Gasteiger partial charge is 0.240 e. The van der Waals surface area contributed by atoms with Crippen molar-refractivity contribution in [3.05, 3.63) is 0 Å². The number of amides is 2. The lowest BCUT2D eigenvalue weighted by molar-refractivity contribution is -0.139. The minimum atomic E-state index is -0.371. The molecular weight excluding hydrogens is 294 g/mol. The van der Waals surface area contributed by atoms with Gasteiger partial charge in [-0.3, -0.25) is 9.59 Å². The van der Waals surface area contributed by atoms with Crippen LogP contribution >= 0.6 is 12.4 Å². The van der Waals surface area contributed by atoms with Gasteiger partial charge in [-0.05, 0) is 25.7 Å². The van der Waals surface area contributed by atoms with Gasteiger partial charge in [0.2, 0.25) is 11.8 Å². The predicted molar refractivity (Wildman–Crippen MR) is 80.4 cm³/mol. The third-order valence-corrected chi connectivity index (χ3v) is 4.16. The first-order valence-electron chi connectivity index (χ1n) is 7.65. The van der Waals surface area contributed by atoms with E-state index in [1.165, 1.54) is 0 Å². The van der Waals surface area contributed by atoms with Crippen LogP contribution in [0.25, 0.3) is 0 Å². The maximum atomic E-state index is 12.4. The quantitative estimate of drug-likeness (QED) is 0.752. The van der Waals surface area contributed by atoms with Gasteiger partial charge in [0.1, 0.15) is 0 Å². The number of nitrogens with one attached hydrogen (secondary N) is 2. The van der Waals surface area contributed by atoms with E-state index in [-0.39, 0.29) is 42.8 Å². The molecule has 3 rings (SSSR count). The molecule has 2 saturated heterocycles. The number of halogens is 1. The van der Waals surface area contributed by atoms with Crippen molar-refractivity contribution in [2.75, 3.05) is 26.2 Å². The Bertz CT molecular complexity index is 384. The minimum absolute atomic E-state index is 0. The fourth-order valence-corrected chi connectivity index (χ4v) is 2.87. The van der Waals surface area contributed by atoms with Gasteiger partial charge >= 0.3 is 0 Å². The molecule has 21 heavy (non-hydrogen) atoms. The lowest BCUT2D eigenvalue weighted by Crippen LogP contribution is -2.57. The third-order valence-electron chi connectivity index (χ3n) is 4.16. The van der Waals surface area contributed by atoms with Crippen molar-refractivity contribution in [3.8, 4) is 0 Å². The number of rotatable bonds is 5. The molecule has 3 fully saturated rings. The van der Waals surface area contributed by atoms with Gasteiger partial charge in [0.05, 0.1) is 18.6 Å². The van der Waals surface area contributed by atoms with Gasteiger partial charge in [-0.1, -0.05) is 0 Å². The Morgan fingerprint density at radius 1 is 1.38 bits per heavy atom. The standard InChI is InChI=1S/C14H23N3O3.ClH/c18-13(16-10-3-4-10)8-12-14(19)17(6-5-15-12)9-11-2-1-7-20-11;/h10-12,15H,1-9H2,(H,16,18);1H. The van der Waals surface area contributed by atoms with Crippen LogP contribution in [0.1, 0.15) is 32.1 Å². The first kappa shape index (κ1) is 16.5. The van der Waals surface area contributed by atoms with E-state index < -0.39 is 0 Å². The molecule has 3 aliphatic rings. The molecule has 2 N–H and O–H groups in total. The van der Waals surface area contributed by atoms with Gasteiger partial charge in [0.25, 0.3) is 0 Å². The molecular formula is C14H24ClN3O3. The highest BCUT2D eigenvalue weighted by Crippen LogP contribution is 2.19. The maximum absolute atomic E-state index is 12.4. The number of piperazine rings is 1. The van der Waals surface area contributed by atoms with Crippen molar-refractivity contribution in [1.82, 2.24) is 15.5 Å². The van der Waals surface area contributed by atoms with E-state index in [2.05, 4.69) is 10.6 Å². The zero-order valence-electron chi connectivity index (χ0n) is 12.2. The van der Waals surface area contributed by atoms with E-state index in [9.17, 15) is 9.59 Å². The van der Waals surface area contributed by atoms with Gasteiger partial charge in [-0.15, -0.1) is 12.4 Å². The summed E-state index contributed by atoms with van der Waals surface area (Å²) in [5.41, 5.74) is 0. The van der Waals surface area contributed by atoms with Crippen molar-refractivity contribution in [2.24, 2.45) is 0 Å². The average molecular weight is 318 g/mol. The molecule has 7 heteroatoms. The van der Waals surface area contributed by atoms with Crippen LogP contribution in [0.4, 0.5) is 0 Å². The Hall–Kier alpha value is -0.850. The van der Waals surface area contributed by atoms with Crippen molar-refractivity contribution in [3.63, 3.8) is 0 Å². The zero-order valence-corrected chi connectivity index (χ0v) is 13.0. The lowest BCUT2D eigenvalue weighted by Gasteiger charge is -2.34. The molecule has 0 aromatic carbocycles. The Balaban J connectivity index is 0.00000161. The monoisotopic (exact) mass is 317 g/mol. The second kappa shape index (κ2) is 7.42. The zero-order chi connectivity index (χ0) is 13.9. The molecule has 0 bridgehead atoms. The highest BCUT2D eigenvalue weighted by Gasteiger charge is 2.33. The fourth-order valence-electron chi connectivity index (χ4n) is 2.87. The molecule has 0 spiro atoms. The molecule has 2 unspecified atom stereocenters. The normalized spacial score (nSPS) is 29.1. The molecule has 6 nitrogen and oxygen atoms in total. The lowest BCUT2D eigenvalue weighted by atomic mass is 10.1. The van der Waals surface area contributed by atoms with Crippen LogP contribution in [0.15, 0.2) is 0 Å². The summed E-state index contributed by atoms with van der Waals surface area (Å²) >= 11 is 0. The Morgan fingerprint density at radius 3 is 2.86 bits per heavy atom. The summed E-state index contributed by atoms with van der Waals surface area (Å²) in [5.74, 6) is 0.0232. The molecule has 2 heterocycles. The second-order valence-corrected chi connectivity index (χ2v) is 5.97. The average Bonchev–Trinajstić information content (AvgIpc) is 3.08. The van der Waals surface area contributed by atoms with Crippen LogP contribution in [0, 0.1) is 0 Å². The number of carbonyl (C=O) groups excluding carboxylic acids is 2. The van der Waals surface area contributed by atoms with E-state index >= 15 is 0 Å². The number of carbonyl (C=O) groups is 2. The number of hydrogen-bond donors (Lipinski definition) is 2. The topological polar surface area (TPSA) is 70.7 Å². The van der Waals surface area contributed by atoms with Gasteiger partial charge in [-0.25, -0.2) is 0 Å². The summed E-state index contributed by atoms with van der Waals surface area (Å²) < 4.78 is 5.59. The molecule has 0 aromatic rings. The summed E-state index contributed by atoms with van der Waals surface area (Å²) in [5, 5.41) is 6.09. The minimum Gasteiger partial charge on any atom is -0.376 e. The molecule has 1 saturated carbocycles.